The first-order valence-corrected chi connectivity index (χ1v) is 6.89. The van der Waals surface area contributed by atoms with Gasteiger partial charge in [-0.15, -0.1) is 0 Å². The van der Waals surface area contributed by atoms with Crippen molar-refractivity contribution < 1.29 is 0 Å². The molecular formula is C15H25ClN2. The van der Waals surface area contributed by atoms with E-state index in [1.165, 1.54) is 5.56 Å². The van der Waals surface area contributed by atoms with Gasteiger partial charge in [-0.25, -0.2) is 0 Å². The van der Waals surface area contributed by atoms with Gasteiger partial charge in [0.2, 0.25) is 0 Å². The van der Waals surface area contributed by atoms with Crippen LogP contribution in [-0.4, -0.2) is 30.6 Å². The third kappa shape index (κ3) is 4.97. The Morgan fingerprint density at radius 3 is 2.44 bits per heavy atom. The lowest BCUT2D eigenvalue weighted by atomic mass is 10.1. The monoisotopic (exact) mass is 268 g/mol. The molecule has 0 heterocycles. The highest BCUT2D eigenvalue weighted by atomic mass is 35.5. The van der Waals surface area contributed by atoms with Gasteiger partial charge in [0.15, 0.2) is 0 Å². The lowest BCUT2D eigenvalue weighted by Crippen LogP contribution is -2.41. The largest absolute Gasteiger partial charge is 0.311 e. The van der Waals surface area contributed by atoms with Crippen molar-refractivity contribution in [1.82, 2.24) is 10.2 Å². The van der Waals surface area contributed by atoms with Gasteiger partial charge in [-0.1, -0.05) is 29.8 Å². The molecule has 1 aromatic carbocycles. The molecule has 0 amide bonds. The van der Waals surface area contributed by atoms with Crippen molar-refractivity contribution in [3.8, 4) is 0 Å². The summed E-state index contributed by atoms with van der Waals surface area (Å²) in [5.41, 5.74) is 1.37. The molecule has 1 atom stereocenters. The van der Waals surface area contributed by atoms with Gasteiger partial charge >= 0.3 is 0 Å². The van der Waals surface area contributed by atoms with Crippen molar-refractivity contribution in [3.05, 3.63) is 34.9 Å². The van der Waals surface area contributed by atoms with Gasteiger partial charge in [-0.05, 0) is 46.4 Å². The van der Waals surface area contributed by atoms with Gasteiger partial charge in [-0.2, -0.15) is 0 Å². The second kappa shape index (κ2) is 6.55. The Bertz CT molecular complexity index is 371. The van der Waals surface area contributed by atoms with Crippen molar-refractivity contribution in [3.63, 3.8) is 0 Å². The quantitative estimate of drug-likeness (QED) is 0.876. The van der Waals surface area contributed by atoms with Gasteiger partial charge in [0, 0.05) is 29.7 Å². The lowest BCUT2D eigenvalue weighted by Gasteiger charge is -2.28. The van der Waals surface area contributed by atoms with Crippen LogP contribution in [0.15, 0.2) is 24.3 Å². The first kappa shape index (κ1) is 15.5. The standard InChI is InChI=1S/C15H25ClN2/c1-12(13-8-6-7-9-14(13)16)18(5)11-10-17-15(2,3)4/h6-9,12,17H,10-11H2,1-5H3. The van der Waals surface area contributed by atoms with Crippen LogP contribution in [0.5, 0.6) is 0 Å². The average molecular weight is 269 g/mol. The van der Waals surface area contributed by atoms with Crippen LogP contribution in [0.1, 0.15) is 39.3 Å². The van der Waals surface area contributed by atoms with Crippen LogP contribution in [0.4, 0.5) is 0 Å². The Kier molecular flexibility index (Phi) is 5.64. The normalized spacial score (nSPS) is 13.9. The molecular weight excluding hydrogens is 244 g/mol. The van der Waals surface area contributed by atoms with Crippen LogP contribution >= 0.6 is 11.6 Å². The number of hydrogen-bond acceptors (Lipinski definition) is 2. The lowest BCUT2D eigenvalue weighted by molar-refractivity contribution is 0.250. The first-order valence-electron chi connectivity index (χ1n) is 6.51. The zero-order valence-electron chi connectivity index (χ0n) is 12.1. The predicted octanol–water partition coefficient (Wildman–Crippen LogP) is 3.72. The molecule has 1 rings (SSSR count). The zero-order chi connectivity index (χ0) is 13.8. The molecule has 0 bridgehead atoms. The highest BCUT2D eigenvalue weighted by Gasteiger charge is 2.15. The van der Waals surface area contributed by atoms with Crippen molar-refractivity contribution in [2.75, 3.05) is 20.1 Å². The molecule has 0 aliphatic heterocycles. The molecule has 0 fully saturated rings. The van der Waals surface area contributed by atoms with Gasteiger partial charge in [0.05, 0.1) is 0 Å². The third-order valence-corrected chi connectivity index (χ3v) is 3.48. The molecule has 3 heteroatoms. The fraction of sp³-hybridized carbons (Fsp3) is 0.600. The summed E-state index contributed by atoms with van der Waals surface area (Å²) in [6, 6.07) is 8.40. The number of rotatable bonds is 5. The van der Waals surface area contributed by atoms with E-state index < -0.39 is 0 Å². The summed E-state index contributed by atoms with van der Waals surface area (Å²) in [7, 11) is 2.14. The molecule has 0 aromatic heterocycles. The summed E-state index contributed by atoms with van der Waals surface area (Å²) >= 11 is 6.23. The van der Waals surface area contributed by atoms with E-state index >= 15 is 0 Å². The van der Waals surface area contributed by atoms with Gasteiger partial charge < -0.3 is 5.32 Å². The number of halogens is 1. The molecule has 102 valence electrons. The first-order chi connectivity index (χ1) is 8.31. The highest BCUT2D eigenvalue weighted by Crippen LogP contribution is 2.25. The molecule has 1 N–H and O–H groups in total. The molecule has 0 spiro atoms. The van der Waals surface area contributed by atoms with E-state index in [9.17, 15) is 0 Å². The van der Waals surface area contributed by atoms with Gasteiger partial charge in [-0.3, -0.25) is 4.90 Å². The summed E-state index contributed by atoms with van der Waals surface area (Å²) in [5, 5.41) is 4.35. The van der Waals surface area contributed by atoms with E-state index in [4.69, 9.17) is 11.6 Å². The minimum absolute atomic E-state index is 0.175. The molecule has 0 saturated heterocycles. The second-order valence-electron chi connectivity index (χ2n) is 5.85. The van der Waals surface area contributed by atoms with Crippen LogP contribution < -0.4 is 5.32 Å². The number of nitrogens with one attached hydrogen (secondary N) is 1. The maximum Gasteiger partial charge on any atom is 0.0453 e. The van der Waals surface area contributed by atoms with Crippen LogP contribution in [0.3, 0.4) is 0 Å². The highest BCUT2D eigenvalue weighted by molar-refractivity contribution is 6.31. The number of likely N-dealkylation sites (N-methyl/N-ethyl adjacent to an activating group) is 1. The van der Waals surface area contributed by atoms with Crippen molar-refractivity contribution in [1.29, 1.82) is 0 Å². The zero-order valence-corrected chi connectivity index (χ0v) is 12.9. The number of nitrogens with zero attached hydrogens (tertiary/aromatic N) is 1. The van der Waals surface area contributed by atoms with E-state index in [0.717, 1.165) is 18.1 Å². The summed E-state index contributed by atoms with van der Waals surface area (Å²) in [6.07, 6.45) is 0. The van der Waals surface area contributed by atoms with Crippen LogP contribution in [0.25, 0.3) is 0 Å². The van der Waals surface area contributed by atoms with Crippen molar-refractivity contribution >= 4 is 11.6 Å². The minimum Gasteiger partial charge on any atom is -0.311 e. The van der Waals surface area contributed by atoms with Gasteiger partial charge in [0.25, 0.3) is 0 Å². The van der Waals surface area contributed by atoms with E-state index in [1.54, 1.807) is 0 Å². The second-order valence-corrected chi connectivity index (χ2v) is 6.26. The van der Waals surface area contributed by atoms with Crippen LogP contribution in [-0.2, 0) is 0 Å². The molecule has 0 saturated carbocycles. The molecule has 1 unspecified atom stereocenters. The van der Waals surface area contributed by atoms with E-state index in [-0.39, 0.29) is 5.54 Å². The Morgan fingerprint density at radius 1 is 1.28 bits per heavy atom. The maximum absolute atomic E-state index is 6.23. The molecule has 0 aliphatic rings. The fourth-order valence-electron chi connectivity index (χ4n) is 1.85. The number of benzene rings is 1. The fourth-order valence-corrected chi connectivity index (χ4v) is 2.15. The smallest absolute Gasteiger partial charge is 0.0453 e. The topological polar surface area (TPSA) is 15.3 Å². The van der Waals surface area contributed by atoms with Crippen LogP contribution in [0.2, 0.25) is 5.02 Å². The maximum atomic E-state index is 6.23. The SMILES string of the molecule is CC(c1ccccc1Cl)N(C)CCNC(C)(C)C. The summed E-state index contributed by atoms with van der Waals surface area (Å²) in [4.78, 5) is 2.32. The Labute approximate surface area is 116 Å². The van der Waals surface area contributed by atoms with Crippen molar-refractivity contribution in [2.45, 2.75) is 39.3 Å². The van der Waals surface area contributed by atoms with E-state index in [1.807, 2.05) is 18.2 Å². The molecule has 1 aromatic rings. The predicted molar refractivity (Wildman–Crippen MR) is 80.3 cm³/mol. The summed E-state index contributed by atoms with van der Waals surface area (Å²) in [5.74, 6) is 0. The molecule has 0 radical (unpaired) electrons. The summed E-state index contributed by atoms with van der Waals surface area (Å²) in [6.45, 7) is 10.7. The average Bonchev–Trinajstić information content (AvgIpc) is 2.27. The molecule has 2 nitrogen and oxygen atoms in total. The van der Waals surface area contributed by atoms with Gasteiger partial charge in [0.1, 0.15) is 0 Å². The summed E-state index contributed by atoms with van der Waals surface area (Å²) < 4.78 is 0. The number of hydrogen-bond donors (Lipinski definition) is 1. The Hall–Kier alpha value is -0.570. The Morgan fingerprint density at radius 2 is 1.89 bits per heavy atom. The Balaban J connectivity index is 2.52. The molecule has 0 aliphatic carbocycles. The van der Waals surface area contributed by atoms with E-state index in [0.29, 0.717) is 6.04 Å². The molecule has 18 heavy (non-hydrogen) atoms. The minimum atomic E-state index is 0.175. The third-order valence-electron chi connectivity index (χ3n) is 3.14. The van der Waals surface area contributed by atoms with Crippen molar-refractivity contribution in [2.24, 2.45) is 0 Å². The van der Waals surface area contributed by atoms with Crippen LogP contribution in [0, 0.1) is 0 Å². The van der Waals surface area contributed by atoms with E-state index in [2.05, 4.69) is 51.0 Å².